The molecule has 0 spiro atoms. The van der Waals surface area contributed by atoms with Crippen LogP contribution in [0.3, 0.4) is 0 Å². The van der Waals surface area contributed by atoms with E-state index in [2.05, 4.69) is 20.5 Å². The van der Waals surface area contributed by atoms with Crippen molar-refractivity contribution in [1.29, 1.82) is 0 Å². The topological polar surface area (TPSA) is 77.0 Å². The fourth-order valence-electron chi connectivity index (χ4n) is 3.58. The molecule has 162 valence electrons. The van der Waals surface area contributed by atoms with E-state index in [1.165, 1.54) is 18.6 Å². The van der Waals surface area contributed by atoms with Crippen molar-refractivity contribution >= 4 is 27.7 Å². The van der Waals surface area contributed by atoms with Gasteiger partial charge in [-0.25, -0.2) is 13.4 Å². The summed E-state index contributed by atoms with van der Waals surface area (Å²) in [7, 11) is -1.49. The molecule has 2 heterocycles. The number of rotatable bonds is 7. The van der Waals surface area contributed by atoms with E-state index in [0.29, 0.717) is 29.8 Å². The van der Waals surface area contributed by atoms with Crippen molar-refractivity contribution in [1.82, 2.24) is 19.8 Å². The second-order valence-electron chi connectivity index (χ2n) is 7.53. The SMILES string of the molecule is CCNC(=NCc1ccccc1S(=O)(=O)N1CCN(C)CC1)NCC1CCCS1. The number of aliphatic imine (C=N–C) groups is 1. The number of sulfonamides is 1. The van der Waals surface area contributed by atoms with Crippen LogP contribution in [0.15, 0.2) is 34.2 Å². The largest absolute Gasteiger partial charge is 0.357 e. The first-order valence-electron chi connectivity index (χ1n) is 10.4. The van der Waals surface area contributed by atoms with Gasteiger partial charge in [0, 0.05) is 44.5 Å². The van der Waals surface area contributed by atoms with Crippen LogP contribution in [0.4, 0.5) is 0 Å². The molecule has 9 heteroatoms. The highest BCUT2D eigenvalue weighted by atomic mass is 32.2. The van der Waals surface area contributed by atoms with Gasteiger partial charge < -0.3 is 15.5 Å². The molecule has 2 saturated heterocycles. The number of hydrogen-bond acceptors (Lipinski definition) is 5. The first-order valence-corrected chi connectivity index (χ1v) is 12.9. The van der Waals surface area contributed by atoms with Crippen LogP contribution in [-0.2, 0) is 16.6 Å². The summed E-state index contributed by atoms with van der Waals surface area (Å²) in [5.41, 5.74) is 0.735. The van der Waals surface area contributed by atoms with Gasteiger partial charge in [0.15, 0.2) is 5.96 Å². The lowest BCUT2D eigenvalue weighted by Crippen LogP contribution is -2.47. The fraction of sp³-hybridized carbons (Fsp3) is 0.650. The third kappa shape index (κ3) is 6.10. The van der Waals surface area contributed by atoms with E-state index in [1.54, 1.807) is 16.4 Å². The Morgan fingerprint density at radius 3 is 2.66 bits per heavy atom. The predicted octanol–water partition coefficient (Wildman–Crippen LogP) is 1.57. The van der Waals surface area contributed by atoms with Gasteiger partial charge in [0.2, 0.25) is 10.0 Å². The zero-order chi connectivity index (χ0) is 20.7. The van der Waals surface area contributed by atoms with Gasteiger partial charge in [-0.3, -0.25) is 0 Å². The second-order valence-corrected chi connectivity index (χ2v) is 10.8. The van der Waals surface area contributed by atoms with Crippen molar-refractivity contribution in [2.75, 3.05) is 52.1 Å². The number of likely N-dealkylation sites (N-methyl/N-ethyl adjacent to an activating group) is 1. The Hall–Kier alpha value is -1.29. The van der Waals surface area contributed by atoms with E-state index in [-0.39, 0.29) is 0 Å². The molecule has 1 aromatic carbocycles. The summed E-state index contributed by atoms with van der Waals surface area (Å²) >= 11 is 2.01. The second kappa shape index (κ2) is 10.7. The summed E-state index contributed by atoms with van der Waals surface area (Å²) in [5.74, 6) is 1.98. The molecule has 1 atom stereocenters. The summed E-state index contributed by atoms with van der Waals surface area (Å²) < 4.78 is 28.0. The maximum atomic E-state index is 13.2. The Morgan fingerprint density at radius 2 is 1.97 bits per heavy atom. The highest BCUT2D eigenvalue weighted by molar-refractivity contribution is 8.00. The maximum Gasteiger partial charge on any atom is 0.243 e. The Kier molecular flexibility index (Phi) is 8.23. The fourth-order valence-corrected chi connectivity index (χ4v) is 6.41. The predicted molar refractivity (Wildman–Crippen MR) is 121 cm³/mol. The summed E-state index contributed by atoms with van der Waals surface area (Å²) in [5, 5.41) is 7.31. The number of hydrogen-bond donors (Lipinski definition) is 2. The summed E-state index contributed by atoms with van der Waals surface area (Å²) in [6.07, 6.45) is 2.52. The average molecular weight is 440 g/mol. The Balaban J connectivity index is 1.72. The monoisotopic (exact) mass is 439 g/mol. The Morgan fingerprint density at radius 1 is 1.21 bits per heavy atom. The van der Waals surface area contributed by atoms with Crippen LogP contribution in [0.25, 0.3) is 0 Å². The average Bonchev–Trinajstić information content (AvgIpc) is 3.24. The summed E-state index contributed by atoms with van der Waals surface area (Å²) in [6, 6.07) is 7.23. The highest BCUT2D eigenvalue weighted by Crippen LogP contribution is 2.25. The van der Waals surface area contributed by atoms with E-state index in [4.69, 9.17) is 0 Å². The number of benzene rings is 1. The normalized spacial score (nSPS) is 22.0. The number of guanidine groups is 1. The van der Waals surface area contributed by atoms with Crippen molar-refractivity contribution in [3.8, 4) is 0 Å². The van der Waals surface area contributed by atoms with Crippen LogP contribution in [0.1, 0.15) is 25.3 Å². The van der Waals surface area contributed by atoms with Crippen LogP contribution in [0, 0.1) is 0 Å². The van der Waals surface area contributed by atoms with Crippen molar-refractivity contribution in [2.45, 2.75) is 36.5 Å². The molecule has 7 nitrogen and oxygen atoms in total. The van der Waals surface area contributed by atoms with Gasteiger partial charge in [-0.15, -0.1) is 0 Å². The molecule has 0 aliphatic carbocycles. The molecule has 0 saturated carbocycles. The molecule has 2 aliphatic rings. The van der Waals surface area contributed by atoms with Crippen LogP contribution < -0.4 is 10.6 Å². The van der Waals surface area contributed by atoms with Gasteiger partial charge in [0.05, 0.1) is 11.4 Å². The molecule has 29 heavy (non-hydrogen) atoms. The summed E-state index contributed by atoms with van der Waals surface area (Å²) in [6.45, 7) is 6.59. The molecule has 0 amide bonds. The molecule has 0 bridgehead atoms. The third-order valence-electron chi connectivity index (χ3n) is 5.33. The van der Waals surface area contributed by atoms with Gasteiger partial charge >= 0.3 is 0 Å². The minimum Gasteiger partial charge on any atom is -0.357 e. The van der Waals surface area contributed by atoms with Gasteiger partial charge in [-0.1, -0.05) is 18.2 Å². The molecule has 2 N–H and O–H groups in total. The number of piperazine rings is 1. The quantitative estimate of drug-likeness (QED) is 0.496. The van der Waals surface area contributed by atoms with Crippen molar-refractivity contribution in [3.05, 3.63) is 29.8 Å². The van der Waals surface area contributed by atoms with Gasteiger partial charge in [0.1, 0.15) is 0 Å². The number of nitrogens with one attached hydrogen (secondary N) is 2. The van der Waals surface area contributed by atoms with Gasteiger partial charge in [-0.2, -0.15) is 16.1 Å². The lowest BCUT2D eigenvalue weighted by atomic mass is 10.2. The van der Waals surface area contributed by atoms with Crippen LogP contribution >= 0.6 is 11.8 Å². The smallest absolute Gasteiger partial charge is 0.243 e. The zero-order valence-corrected chi connectivity index (χ0v) is 19.1. The molecule has 0 radical (unpaired) electrons. The van der Waals surface area contributed by atoms with Crippen LogP contribution in [-0.4, -0.2) is 80.9 Å². The van der Waals surface area contributed by atoms with Crippen LogP contribution in [0.2, 0.25) is 0 Å². The molecular formula is C20H33N5O2S2. The van der Waals surface area contributed by atoms with E-state index in [1.807, 2.05) is 37.9 Å². The molecule has 0 aromatic heterocycles. The minimum atomic E-state index is -3.51. The Bertz CT molecular complexity index is 786. The van der Waals surface area contributed by atoms with E-state index in [0.717, 1.165) is 37.7 Å². The lowest BCUT2D eigenvalue weighted by molar-refractivity contribution is 0.222. The Labute approximate surface area is 179 Å². The zero-order valence-electron chi connectivity index (χ0n) is 17.4. The van der Waals surface area contributed by atoms with Gasteiger partial charge in [0.25, 0.3) is 0 Å². The van der Waals surface area contributed by atoms with Crippen LogP contribution in [0.5, 0.6) is 0 Å². The maximum absolute atomic E-state index is 13.2. The molecule has 3 rings (SSSR count). The molecule has 2 fully saturated rings. The highest BCUT2D eigenvalue weighted by Gasteiger charge is 2.29. The van der Waals surface area contributed by atoms with Crippen molar-refractivity contribution < 1.29 is 8.42 Å². The first kappa shape index (κ1) is 22.4. The summed E-state index contributed by atoms with van der Waals surface area (Å²) in [4.78, 5) is 7.19. The molecule has 1 unspecified atom stereocenters. The van der Waals surface area contributed by atoms with Crippen molar-refractivity contribution in [3.63, 3.8) is 0 Å². The standard InChI is InChI=1S/C20H33N5O2S2/c1-3-21-20(23-16-18-8-6-14-28-18)22-15-17-7-4-5-9-19(17)29(26,27)25-12-10-24(2)11-13-25/h4-5,7,9,18H,3,6,8,10-16H2,1-2H3,(H2,21,22,23). The first-order chi connectivity index (χ1) is 14.0. The number of thioether (sulfide) groups is 1. The lowest BCUT2D eigenvalue weighted by Gasteiger charge is -2.32. The van der Waals surface area contributed by atoms with E-state index < -0.39 is 10.0 Å². The molecule has 2 aliphatic heterocycles. The van der Waals surface area contributed by atoms with E-state index in [9.17, 15) is 8.42 Å². The van der Waals surface area contributed by atoms with Gasteiger partial charge in [-0.05, 0) is 44.2 Å². The molecular weight excluding hydrogens is 406 g/mol. The van der Waals surface area contributed by atoms with E-state index >= 15 is 0 Å². The third-order valence-corrected chi connectivity index (χ3v) is 8.72. The molecule has 1 aromatic rings. The minimum absolute atomic E-state index is 0.330. The number of nitrogens with zero attached hydrogens (tertiary/aromatic N) is 3. The van der Waals surface area contributed by atoms with Crippen molar-refractivity contribution in [2.24, 2.45) is 4.99 Å².